The lowest BCUT2D eigenvalue weighted by Crippen LogP contribution is -2.18. The molecule has 1 atom stereocenters. The SMILES string of the molecule is Cc1ccc(S(=O)(=O)OCC2COC(N)=N2)cc1. The number of hydrogen-bond acceptors (Lipinski definition) is 6. The maximum atomic E-state index is 11.8. The molecule has 2 N–H and O–H groups in total. The van der Waals surface area contributed by atoms with E-state index in [1.807, 2.05) is 6.92 Å². The van der Waals surface area contributed by atoms with Crippen molar-refractivity contribution in [3.63, 3.8) is 0 Å². The minimum atomic E-state index is -3.75. The summed E-state index contributed by atoms with van der Waals surface area (Å²) in [6.45, 7) is 2.05. The topological polar surface area (TPSA) is 91.0 Å². The van der Waals surface area contributed by atoms with Gasteiger partial charge in [0, 0.05) is 0 Å². The fourth-order valence-electron chi connectivity index (χ4n) is 1.46. The lowest BCUT2D eigenvalue weighted by Gasteiger charge is -2.07. The lowest BCUT2D eigenvalue weighted by molar-refractivity contribution is 0.245. The maximum Gasteiger partial charge on any atom is 0.297 e. The highest BCUT2D eigenvalue weighted by molar-refractivity contribution is 7.86. The summed E-state index contributed by atoms with van der Waals surface area (Å²) < 4.78 is 33.5. The molecule has 1 aliphatic rings. The zero-order chi connectivity index (χ0) is 13.2. The number of hydrogen-bond donors (Lipinski definition) is 1. The summed E-state index contributed by atoms with van der Waals surface area (Å²) >= 11 is 0. The monoisotopic (exact) mass is 270 g/mol. The van der Waals surface area contributed by atoms with Gasteiger partial charge in [-0.3, -0.25) is 4.18 Å². The molecule has 0 saturated carbocycles. The van der Waals surface area contributed by atoms with Crippen molar-refractivity contribution >= 4 is 16.1 Å². The van der Waals surface area contributed by atoms with E-state index in [0.717, 1.165) is 5.56 Å². The molecule has 0 aliphatic carbocycles. The summed E-state index contributed by atoms with van der Waals surface area (Å²) in [6.07, 6.45) is 0. The molecule has 0 spiro atoms. The molecule has 1 unspecified atom stereocenters. The van der Waals surface area contributed by atoms with Crippen molar-refractivity contribution in [2.24, 2.45) is 10.7 Å². The highest BCUT2D eigenvalue weighted by Crippen LogP contribution is 2.14. The highest BCUT2D eigenvalue weighted by atomic mass is 32.2. The van der Waals surface area contributed by atoms with E-state index in [-0.39, 0.29) is 30.2 Å². The third kappa shape index (κ3) is 2.99. The first-order chi connectivity index (χ1) is 8.47. The van der Waals surface area contributed by atoms with Crippen LogP contribution in [0.15, 0.2) is 34.2 Å². The van der Waals surface area contributed by atoms with Gasteiger partial charge in [0.05, 0.1) is 11.5 Å². The molecule has 1 aromatic carbocycles. The van der Waals surface area contributed by atoms with Gasteiger partial charge < -0.3 is 10.5 Å². The first-order valence-corrected chi connectivity index (χ1v) is 6.80. The molecule has 1 aromatic rings. The number of nitrogens with zero attached hydrogens (tertiary/aromatic N) is 1. The standard InChI is InChI=1S/C11H14N2O4S/c1-8-2-4-10(5-3-8)18(14,15)17-7-9-6-16-11(12)13-9/h2-5,9H,6-7H2,1H3,(H2,12,13). The summed E-state index contributed by atoms with van der Waals surface area (Å²) in [5.74, 6) is 0. The Balaban J connectivity index is 2.01. The smallest absolute Gasteiger partial charge is 0.297 e. The van der Waals surface area contributed by atoms with Crippen molar-refractivity contribution in [1.82, 2.24) is 0 Å². The molecule has 0 amide bonds. The van der Waals surface area contributed by atoms with E-state index in [0.29, 0.717) is 0 Å². The first kappa shape index (κ1) is 12.8. The molecule has 98 valence electrons. The highest BCUT2D eigenvalue weighted by Gasteiger charge is 2.22. The molecule has 18 heavy (non-hydrogen) atoms. The molecule has 0 saturated heterocycles. The molecular formula is C11H14N2O4S. The van der Waals surface area contributed by atoms with E-state index >= 15 is 0 Å². The molecule has 7 heteroatoms. The fraction of sp³-hybridized carbons (Fsp3) is 0.364. The number of aryl methyl sites for hydroxylation is 1. The molecule has 0 bridgehead atoms. The minimum absolute atomic E-state index is 0.0660. The summed E-state index contributed by atoms with van der Waals surface area (Å²) in [7, 11) is -3.75. The van der Waals surface area contributed by atoms with Gasteiger partial charge in [-0.15, -0.1) is 0 Å². The first-order valence-electron chi connectivity index (χ1n) is 5.39. The third-order valence-corrected chi connectivity index (χ3v) is 3.75. The molecule has 6 nitrogen and oxygen atoms in total. The van der Waals surface area contributed by atoms with Crippen molar-refractivity contribution in [3.8, 4) is 0 Å². The Morgan fingerprint density at radius 1 is 1.44 bits per heavy atom. The average molecular weight is 270 g/mol. The van der Waals surface area contributed by atoms with E-state index in [9.17, 15) is 8.42 Å². The number of nitrogens with two attached hydrogens (primary N) is 1. The van der Waals surface area contributed by atoms with Gasteiger partial charge in [-0.25, -0.2) is 4.99 Å². The predicted molar refractivity (Wildman–Crippen MR) is 65.7 cm³/mol. The Morgan fingerprint density at radius 3 is 2.67 bits per heavy atom. The Bertz CT molecular complexity index is 551. The molecule has 1 aliphatic heterocycles. The number of rotatable bonds is 4. The molecule has 2 rings (SSSR count). The minimum Gasteiger partial charge on any atom is -0.463 e. The van der Waals surface area contributed by atoms with Crippen LogP contribution in [0.4, 0.5) is 0 Å². The second-order valence-electron chi connectivity index (χ2n) is 3.98. The number of aliphatic imine (C=N–C) groups is 1. The quantitative estimate of drug-likeness (QED) is 0.800. The van der Waals surface area contributed by atoms with Crippen LogP contribution in [0.25, 0.3) is 0 Å². The summed E-state index contributed by atoms with van der Waals surface area (Å²) in [5.41, 5.74) is 6.30. The van der Waals surface area contributed by atoms with Gasteiger partial charge in [0.2, 0.25) is 0 Å². The Labute approximate surface area is 106 Å². The predicted octanol–water partition coefficient (Wildman–Crippen LogP) is 0.414. The van der Waals surface area contributed by atoms with Crippen LogP contribution in [-0.4, -0.2) is 33.7 Å². The van der Waals surface area contributed by atoms with Crippen LogP contribution < -0.4 is 5.73 Å². The molecule has 0 fully saturated rings. The molecule has 0 aromatic heterocycles. The van der Waals surface area contributed by atoms with Crippen LogP contribution in [0, 0.1) is 6.92 Å². The van der Waals surface area contributed by atoms with Crippen molar-refractivity contribution in [1.29, 1.82) is 0 Å². The van der Waals surface area contributed by atoms with E-state index in [2.05, 4.69) is 4.99 Å². The largest absolute Gasteiger partial charge is 0.463 e. The number of ether oxygens (including phenoxy) is 1. The second kappa shape index (κ2) is 4.95. The zero-order valence-corrected chi connectivity index (χ0v) is 10.7. The molecule has 1 heterocycles. The summed E-state index contributed by atoms with van der Waals surface area (Å²) in [5, 5.41) is 0. The van der Waals surface area contributed by atoms with Crippen molar-refractivity contribution in [2.45, 2.75) is 17.9 Å². The van der Waals surface area contributed by atoms with Crippen LogP contribution in [0.2, 0.25) is 0 Å². The van der Waals surface area contributed by atoms with Crippen molar-refractivity contribution < 1.29 is 17.3 Å². The number of amidine groups is 1. The van der Waals surface area contributed by atoms with Gasteiger partial charge in [-0.05, 0) is 19.1 Å². The fourth-order valence-corrected chi connectivity index (χ4v) is 2.40. The van der Waals surface area contributed by atoms with Crippen molar-refractivity contribution in [2.75, 3.05) is 13.2 Å². The van der Waals surface area contributed by atoms with E-state index in [4.69, 9.17) is 14.7 Å². The number of benzene rings is 1. The van der Waals surface area contributed by atoms with Crippen LogP contribution in [-0.2, 0) is 19.0 Å². The Morgan fingerprint density at radius 2 is 2.11 bits per heavy atom. The van der Waals surface area contributed by atoms with E-state index in [1.165, 1.54) is 12.1 Å². The summed E-state index contributed by atoms with van der Waals surface area (Å²) in [6, 6.07) is 6.14. The average Bonchev–Trinajstić information content (AvgIpc) is 2.73. The second-order valence-corrected chi connectivity index (χ2v) is 5.60. The van der Waals surface area contributed by atoms with Gasteiger partial charge in [0.1, 0.15) is 12.6 Å². The van der Waals surface area contributed by atoms with E-state index < -0.39 is 10.1 Å². The van der Waals surface area contributed by atoms with Gasteiger partial charge in [-0.1, -0.05) is 17.7 Å². The molecular weight excluding hydrogens is 256 g/mol. The van der Waals surface area contributed by atoms with Gasteiger partial charge in [0.15, 0.2) is 0 Å². The Hall–Kier alpha value is -1.60. The van der Waals surface area contributed by atoms with Crippen LogP contribution >= 0.6 is 0 Å². The normalized spacial score (nSPS) is 19.4. The van der Waals surface area contributed by atoms with Crippen molar-refractivity contribution in [3.05, 3.63) is 29.8 Å². The van der Waals surface area contributed by atoms with Gasteiger partial charge in [0.25, 0.3) is 16.1 Å². The maximum absolute atomic E-state index is 11.8. The van der Waals surface area contributed by atoms with Crippen LogP contribution in [0.5, 0.6) is 0 Å². The van der Waals surface area contributed by atoms with Crippen LogP contribution in [0.3, 0.4) is 0 Å². The summed E-state index contributed by atoms with van der Waals surface area (Å²) in [4.78, 5) is 4.01. The third-order valence-electron chi connectivity index (χ3n) is 2.46. The van der Waals surface area contributed by atoms with Gasteiger partial charge >= 0.3 is 0 Å². The van der Waals surface area contributed by atoms with Crippen LogP contribution in [0.1, 0.15) is 5.56 Å². The molecule has 0 radical (unpaired) electrons. The zero-order valence-electron chi connectivity index (χ0n) is 9.87. The lowest BCUT2D eigenvalue weighted by atomic mass is 10.2. The van der Waals surface area contributed by atoms with E-state index in [1.54, 1.807) is 12.1 Å². The Kier molecular flexibility index (Phi) is 3.53. The van der Waals surface area contributed by atoms with Gasteiger partial charge in [-0.2, -0.15) is 8.42 Å².